The molecule has 1 aromatic carbocycles. The van der Waals surface area contributed by atoms with Gasteiger partial charge in [0.05, 0.1) is 12.2 Å². The van der Waals surface area contributed by atoms with Crippen molar-refractivity contribution in [3.63, 3.8) is 0 Å². The van der Waals surface area contributed by atoms with Crippen molar-refractivity contribution < 1.29 is 20.1 Å². The minimum absolute atomic E-state index is 0.116. The number of carbonyl (C=O) groups is 1. The first-order valence-corrected chi connectivity index (χ1v) is 10.3. The molecule has 4 nitrogen and oxygen atoms in total. The van der Waals surface area contributed by atoms with Crippen LogP contribution >= 0.6 is 0 Å². The lowest BCUT2D eigenvalue weighted by molar-refractivity contribution is -0.137. The Bertz CT molecular complexity index is 569. The third kappa shape index (κ3) is 7.86. The van der Waals surface area contributed by atoms with E-state index in [0.29, 0.717) is 12.8 Å². The molecule has 1 aromatic rings. The van der Waals surface area contributed by atoms with Crippen molar-refractivity contribution in [2.24, 2.45) is 11.8 Å². The lowest BCUT2D eigenvalue weighted by Gasteiger charge is -2.22. The summed E-state index contributed by atoms with van der Waals surface area (Å²) < 4.78 is 0. The Labute approximate surface area is 162 Å². The molecule has 1 saturated carbocycles. The van der Waals surface area contributed by atoms with Gasteiger partial charge in [0.1, 0.15) is 0 Å². The highest BCUT2D eigenvalue weighted by atomic mass is 16.4. The molecular weight excluding hydrogens is 340 g/mol. The number of aryl methyl sites for hydroxylation is 1. The Balaban J connectivity index is 1.67. The molecule has 0 spiro atoms. The van der Waals surface area contributed by atoms with E-state index < -0.39 is 18.2 Å². The summed E-state index contributed by atoms with van der Waals surface area (Å²) in [5.41, 5.74) is 1.37. The molecule has 150 valence electrons. The van der Waals surface area contributed by atoms with Crippen molar-refractivity contribution in [2.45, 2.75) is 76.4 Å². The average Bonchev–Trinajstić information content (AvgIpc) is 2.91. The summed E-state index contributed by atoms with van der Waals surface area (Å²) in [6, 6.07) is 10.5. The standard InChI is InChI=1S/C23H34O4/c24-21-17-22(25)20(19(21)14-8-1-2-10-16-23(26)27)15-9-4-7-13-18-11-5-3-6-12-18/h1,3,5-6,8,11-12,19-22,24-25H,2,4,7,9-10,13-17H2,(H,26,27). The molecule has 0 heterocycles. The van der Waals surface area contributed by atoms with E-state index in [9.17, 15) is 15.0 Å². The second-order valence-electron chi connectivity index (χ2n) is 7.78. The van der Waals surface area contributed by atoms with Crippen molar-refractivity contribution >= 4 is 5.97 Å². The minimum atomic E-state index is -0.759. The van der Waals surface area contributed by atoms with E-state index in [1.807, 2.05) is 12.1 Å². The first-order valence-electron chi connectivity index (χ1n) is 10.3. The van der Waals surface area contributed by atoms with E-state index in [2.05, 4.69) is 30.3 Å². The molecule has 0 bridgehead atoms. The maximum absolute atomic E-state index is 10.5. The van der Waals surface area contributed by atoms with E-state index in [-0.39, 0.29) is 18.3 Å². The first kappa shape index (κ1) is 21.6. The van der Waals surface area contributed by atoms with Crippen molar-refractivity contribution in [3.05, 3.63) is 48.0 Å². The van der Waals surface area contributed by atoms with Gasteiger partial charge in [-0.3, -0.25) is 4.79 Å². The van der Waals surface area contributed by atoms with Gasteiger partial charge in [0.2, 0.25) is 0 Å². The molecular formula is C23H34O4. The summed E-state index contributed by atoms with van der Waals surface area (Å²) >= 11 is 0. The molecule has 4 heteroatoms. The second-order valence-corrected chi connectivity index (χ2v) is 7.78. The number of carboxylic acids is 1. The number of hydrogen-bond donors (Lipinski definition) is 3. The molecule has 1 aliphatic rings. The number of rotatable bonds is 12. The summed E-state index contributed by atoms with van der Waals surface area (Å²) in [7, 11) is 0. The first-order chi connectivity index (χ1) is 13.1. The number of unbranched alkanes of at least 4 members (excludes halogenated alkanes) is 3. The van der Waals surface area contributed by atoms with Crippen molar-refractivity contribution in [3.8, 4) is 0 Å². The van der Waals surface area contributed by atoms with Gasteiger partial charge < -0.3 is 15.3 Å². The topological polar surface area (TPSA) is 77.8 Å². The smallest absolute Gasteiger partial charge is 0.303 e. The SMILES string of the molecule is O=C(O)CCCC=CCC1C(O)CC(O)C1CCCCCc1ccccc1. The van der Waals surface area contributed by atoms with E-state index in [1.165, 1.54) is 5.56 Å². The predicted molar refractivity (Wildman–Crippen MR) is 107 cm³/mol. The number of benzene rings is 1. The zero-order chi connectivity index (χ0) is 19.5. The minimum Gasteiger partial charge on any atom is -0.481 e. The second kappa shape index (κ2) is 11.9. The number of aliphatic carboxylic acids is 1. The lowest BCUT2D eigenvalue weighted by atomic mass is 9.86. The van der Waals surface area contributed by atoms with Gasteiger partial charge >= 0.3 is 5.97 Å². The fourth-order valence-corrected chi connectivity index (χ4v) is 4.18. The zero-order valence-electron chi connectivity index (χ0n) is 16.2. The summed E-state index contributed by atoms with van der Waals surface area (Å²) in [5, 5.41) is 29.2. The van der Waals surface area contributed by atoms with Crippen LogP contribution in [0.5, 0.6) is 0 Å². The largest absolute Gasteiger partial charge is 0.481 e. The van der Waals surface area contributed by atoms with Crippen LogP contribution in [-0.4, -0.2) is 33.5 Å². The van der Waals surface area contributed by atoms with Crippen LogP contribution in [0, 0.1) is 11.8 Å². The molecule has 0 saturated heterocycles. The monoisotopic (exact) mass is 374 g/mol. The van der Waals surface area contributed by atoms with E-state index in [1.54, 1.807) is 0 Å². The molecule has 4 unspecified atom stereocenters. The Morgan fingerprint density at radius 3 is 2.44 bits per heavy atom. The molecule has 27 heavy (non-hydrogen) atoms. The van der Waals surface area contributed by atoms with Crippen LogP contribution in [0.4, 0.5) is 0 Å². The molecule has 0 aromatic heterocycles. The highest BCUT2D eigenvalue weighted by molar-refractivity contribution is 5.66. The van der Waals surface area contributed by atoms with Crippen LogP contribution < -0.4 is 0 Å². The van der Waals surface area contributed by atoms with Crippen LogP contribution in [0.15, 0.2) is 42.5 Å². The van der Waals surface area contributed by atoms with Crippen LogP contribution in [0.3, 0.4) is 0 Å². The number of allylic oxidation sites excluding steroid dienone is 2. The Kier molecular flexibility index (Phi) is 9.57. The summed E-state index contributed by atoms with van der Waals surface area (Å²) in [6.45, 7) is 0. The van der Waals surface area contributed by atoms with Crippen molar-refractivity contribution in [1.82, 2.24) is 0 Å². The van der Waals surface area contributed by atoms with Crippen LogP contribution in [0.25, 0.3) is 0 Å². The van der Waals surface area contributed by atoms with Gasteiger partial charge in [-0.05, 0) is 62.3 Å². The highest BCUT2D eigenvalue weighted by Crippen LogP contribution is 2.38. The fourth-order valence-electron chi connectivity index (χ4n) is 4.18. The third-order valence-corrected chi connectivity index (χ3v) is 5.70. The Morgan fingerprint density at radius 1 is 0.963 bits per heavy atom. The Morgan fingerprint density at radius 2 is 1.70 bits per heavy atom. The quantitative estimate of drug-likeness (QED) is 0.375. The number of carboxylic acid groups (broad SMARTS) is 1. The average molecular weight is 375 g/mol. The van der Waals surface area contributed by atoms with E-state index in [4.69, 9.17) is 5.11 Å². The number of aliphatic hydroxyl groups excluding tert-OH is 2. The molecule has 4 atom stereocenters. The van der Waals surface area contributed by atoms with Gasteiger partial charge in [0.25, 0.3) is 0 Å². The van der Waals surface area contributed by atoms with Crippen LogP contribution in [0.1, 0.15) is 63.4 Å². The van der Waals surface area contributed by atoms with Gasteiger partial charge in [-0.2, -0.15) is 0 Å². The maximum Gasteiger partial charge on any atom is 0.303 e. The summed E-state index contributed by atoms with van der Waals surface area (Å²) in [5.74, 6) is -0.477. The normalized spacial score (nSPS) is 25.3. The maximum atomic E-state index is 10.5. The molecule has 1 fully saturated rings. The van der Waals surface area contributed by atoms with E-state index in [0.717, 1.165) is 44.9 Å². The molecule has 0 aliphatic heterocycles. The van der Waals surface area contributed by atoms with Gasteiger partial charge in [-0.15, -0.1) is 0 Å². The molecule has 3 N–H and O–H groups in total. The Hall–Kier alpha value is -1.65. The molecule has 2 rings (SSSR count). The predicted octanol–water partition coefficient (Wildman–Crippen LogP) is 4.35. The zero-order valence-corrected chi connectivity index (χ0v) is 16.2. The number of hydrogen-bond acceptors (Lipinski definition) is 3. The van der Waals surface area contributed by atoms with Crippen LogP contribution in [0.2, 0.25) is 0 Å². The van der Waals surface area contributed by atoms with Gasteiger partial charge in [-0.1, -0.05) is 55.3 Å². The summed E-state index contributed by atoms with van der Waals surface area (Å²) in [4.78, 5) is 10.5. The van der Waals surface area contributed by atoms with E-state index >= 15 is 0 Å². The van der Waals surface area contributed by atoms with Crippen molar-refractivity contribution in [2.75, 3.05) is 0 Å². The highest BCUT2D eigenvalue weighted by Gasteiger charge is 2.40. The van der Waals surface area contributed by atoms with Crippen molar-refractivity contribution in [1.29, 1.82) is 0 Å². The van der Waals surface area contributed by atoms with Gasteiger partial charge in [0, 0.05) is 6.42 Å². The van der Waals surface area contributed by atoms with Gasteiger partial charge in [0.15, 0.2) is 0 Å². The fraction of sp³-hybridized carbons (Fsp3) is 0.609. The van der Waals surface area contributed by atoms with Gasteiger partial charge in [-0.25, -0.2) is 0 Å². The molecule has 1 aliphatic carbocycles. The third-order valence-electron chi connectivity index (χ3n) is 5.70. The van der Waals surface area contributed by atoms with Crippen LogP contribution in [-0.2, 0) is 11.2 Å². The number of aliphatic hydroxyl groups is 2. The lowest BCUT2D eigenvalue weighted by Crippen LogP contribution is -2.21. The molecule has 0 radical (unpaired) electrons. The molecule has 0 amide bonds. The summed E-state index contributed by atoms with van der Waals surface area (Å²) in [6.07, 6.45) is 11.5.